The van der Waals surface area contributed by atoms with E-state index in [2.05, 4.69) is 4.99 Å². The fourth-order valence-electron chi connectivity index (χ4n) is 2.72. The van der Waals surface area contributed by atoms with Gasteiger partial charge in [-0.15, -0.1) is 0 Å². The number of methoxy groups -OCH3 is 1. The fourth-order valence-corrected chi connectivity index (χ4v) is 2.72. The van der Waals surface area contributed by atoms with Crippen LogP contribution in [-0.4, -0.2) is 48.4 Å². The number of benzene rings is 2. The molecule has 2 aromatic carbocycles. The predicted octanol–water partition coefficient (Wildman–Crippen LogP) is 2.66. The number of rotatable bonds is 9. The summed E-state index contributed by atoms with van der Waals surface area (Å²) in [6.45, 7) is 1.54. The van der Waals surface area contributed by atoms with Gasteiger partial charge in [0.15, 0.2) is 6.04 Å². The molecule has 0 amide bonds. The SMILES string of the molecule is CCOC(=O)C(CC(N=C(c1ccccc1)c1ccccc1)C(=O)OC)[N+](=O)[O-]. The lowest BCUT2D eigenvalue weighted by Gasteiger charge is -2.16. The summed E-state index contributed by atoms with van der Waals surface area (Å²) >= 11 is 0. The first-order valence-corrected chi connectivity index (χ1v) is 9.04. The third kappa shape index (κ3) is 5.97. The Bertz CT molecular complexity index is 826. The number of nitrogens with zero attached hydrogens (tertiary/aromatic N) is 2. The highest BCUT2D eigenvalue weighted by Gasteiger charge is 2.37. The first-order chi connectivity index (χ1) is 14.0. The summed E-state index contributed by atoms with van der Waals surface area (Å²) in [6, 6.07) is 15.2. The molecule has 8 heteroatoms. The summed E-state index contributed by atoms with van der Waals surface area (Å²) in [5, 5.41) is 11.4. The van der Waals surface area contributed by atoms with Gasteiger partial charge in [-0.2, -0.15) is 0 Å². The van der Waals surface area contributed by atoms with Crippen LogP contribution in [0.1, 0.15) is 24.5 Å². The normalized spacial score (nSPS) is 12.3. The third-order valence-electron chi connectivity index (χ3n) is 4.11. The van der Waals surface area contributed by atoms with Crippen molar-refractivity contribution in [2.24, 2.45) is 4.99 Å². The molecule has 0 heterocycles. The maximum absolute atomic E-state index is 12.3. The number of nitro groups is 1. The van der Waals surface area contributed by atoms with Crippen LogP contribution in [0.2, 0.25) is 0 Å². The van der Waals surface area contributed by atoms with Crippen LogP contribution < -0.4 is 0 Å². The van der Waals surface area contributed by atoms with E-state index in [1.54, 1.807) is 6.92 Å². The first-order valence-electron chi connectivity index (χ1n) is 9.04. The van der Waals surface area contributed by atoms with Crippen LogP contribution in [0, 0.1) is 10.1 Å². The Morgan fingerprint density at radius 3 is 1.93 bits per heavy atom. The molecule has 2 atom stereocenters. The van der Waals surface area contributed by atoms with Gasteiger partial charge in [-0.25, -0.2) is 9.59 Å². The molecule has 2 rings (SSSR count). The minimum atomic E-state index is -1.73. The van der Waals surface area contributed by atoms with Crippen molar-refractivity contribution < 1.29 is 24.0 Å². The molecule has 0 aliphatic heterocycles. The average Bonchev–Trinajstić information content (AvgIpc) is 2.74. The smallest absolute Gasteiger partial charge is 0.381 e. The van der Waals surface area contributed by atoms with Gasteiger partial charge < -0.3 is 9.47 Å². The van der Waals surface area contributed by atoms with Crippen molar-refractivity contribution in [1.29, 1.82) is 0 Å². The van der Waals surface area contributed by atoms with Gasteiger partial charge in [-0.3, -0.25) is 15.1 Å². The summed E-state index contributed by atoms with van der Waals surface area (Å²) in [6.07, 6.45) is -0.471. The van der Waals surface area contributed by atoms with Gasteiger partial charge >= 0.3 is 18.0 Å². The van der Waals surface area contributed by atoms with E-state index < -0.39 is 35.4 Å². The van der Waals surface area contributed by atoms with E-state index in [1.807, 2.05) is 60.7 Å². The Morgan fingerprint density at radius 2 is 1.52 bits per heavy atom. The van der Waals surface area contributed by atoms with Crippen LogP contribution in [0.25, 0.3) is 0 Å². The molecular formula is C21H22N2O6. The van der Waals surface area contributed by atoms with Crippen LogP contribution in [0.4, 0.5) is 0 Å². The van der Waals surface area contributed by atoms with E-state index in [1.165, 1.54) is 7.11 Å². The molecule has 0 saturated heterocycles. The van der Waals surface area contributed by atoms with Crippen LogP contribution in [0.15, 0.2) is 65.7 Å². The molecule has 152 valence electrons. The number of esters is 2. The third-order valence-corrected chi connectivity index (χ3v) is 4.11. The maximum Gasteiger partial charge on any atom is 0.381 e. The Morgan fingerprint density at radius 1 is 1.00 bits per heavy atom. The molecule has 0 bridgehead atoms. The quantitative estimate of drug-likeness (QED) is 0.278. The highest BCUT2D eigenvalue weighted by atomic mass is 16.6. The molecule has 0 spiro atoms. The molecular weight excluding hydrogens is 376 g/mol. The average molecular weight is 398 g/mol. The van der Waals surface area contributed by atoms with Crippen molar-refractivity contribution in [3.05, 3.63) is 81.9 Å². The van der Waals surface area contributed by atoms with Crippen LogP contribution in [0.3, 0.4) is 0 Å². The zero-order valence-corrected chi connectivity index (χ0v) is 16.2. The Hall–Kier alpha value is -3.55. The van der Waals surface area contributed by atoms with E-state index in [0.29, 0.717) is 5.71 Å². The van der Waals surface area contributed by atoms with Gasteiger partial charge in [0, 0.05) is 16.1 Å². The summed E-state index contributed by atoms with van der Waals surface area (Å²) < 4.78 is 9.56. The molecule has 2 aromatic rings. The van der Waals surface area contributed by atoms with Crippen LogP contribution in [-0.2, 0) is 19.1 Å². The highest BCUT2D eigenvalue weighted by molar-refractivity contribution is 6.13. The van der Waals surface area contributed by atoms with E-state index in [4.69, 9.17) is 9.47 Å². The summed E-state index contributed by atoms with van der Waals surface area (Å²) in [7, 11) is 1.17. The Kier molecular flexibility index (Phi) is 8.02. The van der Waals surface area contributed by atoms with Crippen molar-refractivity contribution in [3.63, 3.8) is 0 Å². The fraction of sp³-hybridized carbons (Fsp3) is 0.286. The number of carbonyl (C=O) groups excluding carboxylic acids is 2. The van der Waals surface area contributed by atoms with Crippen molar-refractivity contribution in [2.45, 2.75) is 25.4 Å². The molecule has 8 nitrogen and oxygen atoms in total. The van der Waals surface area contributed by atoms with Gasteiger partial charge in [0.1, 0.15) is 0 Å². The second-order valence-electron chi connectivity index (χ2n) is 6.04. The van der Waals surface area contributed by atoms with Gasteiger partial charge in [-0.1, -0.05) is 60.7 Å². The number of aliphatic imine (C=N–C) groups is 1. The largest absolute Gasteiger partial charge is 0.467 e. The summed E-state index contributed by atoms with van der Waals surface area (Å²) in [4.78, 5) is 39.4. The van der Waals surface area contributed by atoms with E-state index in [-0.39, 0.29) is 6.61 Å². The lowest BCUT2D eigenvalue weighted by Crippen LogP contribution is -2.37. The summed E-state index contributed by atoms with van der Waals surface area (Å²) in [5.74, 6) is -1.78. The molecule has 0 aliphatic carbocycles. The number of ether oxygens (including phenoxy) is 2. The predicted molar refractivity (Wildman–Crippen MR) is 106 cm³/mol. The molecule has 0 aromatic heterocycles. The molecule has 29 heavy (non-hydrogen) atoms. The lowest BCUT2D eigenvalue weighted by atomic mass is 10.0. The van der Waals surface area contributed by atoms with Crippen molar-refractivity contribution in [1.82, 2.24) is 0 Å². The number of hydrogen-bond donors (Lipinski definition) is 0. The van der Waals surface area contributed by atoms with Gasteiger partial charge in [0.2, 0.25) is 0 Å². The molecule has 0 aliphatic rings. The number of carbonyl (C=O) groups is 2. The monoisotopic (exact) mass is 398 g/mol. The zero-order valence-electron chi connectivity index (χ0n) is 16.2. The van der Waals surface area contributed by atoms with Crippen molar-refractivity contribution in [2.75, 3.05) is 13.7 Å². The van der Waals surface area contributed by atoms with Gasteiger partial charge in [0.05, 0.1) is 25.8 Å². The second-order valence-corrected chi connectivity index (χ2v) is 6.04. The Balaban J connectivity index is 2.50. The molecule has 0 N–H and O–H groups in total. The number of hydrogen-bond acceptors (Lipinski definition) is 7. The van der Waals surface area contributed by atoms with Crippen molar-refractivity contribution in [3.8, 4) is 0 Å². The lowest BCUT2D eigenvalue weighted by molar-refractivity contribution is -0.511. The van der Waals surface area contributed by atoms with Gasteiger partial charge in [-0.05, 0) is 6.92 Å². The highest BCUT2D eigenvalue weighted by Crippen LogP contribution is 2.16. The van der Waals surface area contributed by atoms with Crippen molar-refractivity contribution >= 4 is 17.7 Å². The topological polar surface area (TPSA) is 108 Å². The first kappa shape index (κ1) is 21.7. The van der Waals surface area contributed by atoms with E-state index in [9.17, 15) is 19.7 Å². The summed E-state index contributed by atoms with van der Waals surface area (Å²) in [5.41, 5.74) is 1.91. The second kappa shape index (κ2) is 10.7. The minimum Gasteiger partial charge on any atom is -0.467 e. The molecule has 0 radical (unpaired) electrons. The van der Waals surface area contributed by atoms with Crippen LogP contribution in [0.5, 0.6) is 0 Å². The Labute approximate surface area is 168 Å². The maximum atomic E-state index is 12.3. The van der Waals surface area contributed by atoms with Crippen LogP contribution >= 0.6 is 0 Å². The molecule has 2 unspecified atom stereocenters. The van der Waals surface area contributed by atoms with Gasteiger partial charge in [0.25, 0.3) is 0 Å². The van der Waals surface area contributed by atoms with E-state index >= 15 is 0 Å². The standard InChI is InChI=1S/C21H22N2O6/c1-3-29-21(25)18(23(26)27)14-17(20(24)28-2)22-19(15-10-6-4-7-11-15)16-12-8-5-9-13-16/h4-13,17-18H,3,14H2,1-2H3. The molecule has 0 fully saturated rings. The molecule has 0 saturated carbocycles. The zero-order chi connectivity index (χ0) is 21.2. The minimum absolute atomic E-state index is 0.00534. The van der Waals surface area contributed by atoms with E-state index in [0.717, 1.165) is 11.1 Å².